The van der Waals surface area contributed by atoms with Crippen LogP contribution in [0.25, 0.3) is 11.2 Å². The van der Waals surface area contributed by atoms with E-state index in [1.807, 2.05) is 0 Å². The predicted octanol–water partition coefficient (Wildman–Crippen LogP) is -1.24. The molecule has 5 atom stereocenters. The van der Waals surface area contributed by atoms with E-state index in [0.29, 0.717) is 0 Å². The molecule has 1 aliphatic heterocycles. The quantitative estimate of drug-likeness (QED) is 0.183. The lowest BCUT2D eigenvalue weighted by Crippen LogP contribution is -2.36. The minimum absolute atomic E-state index is 0.00408. The second kappa shape index (κ2) is 8.69. The van der Waals surface area contributed by atoms with Gasteiger partial charge in [0.05, 0.1) is 19.5 Å². The maximum atomic E-state index is 11.8. The second-order valence-electron chi connectivity index (χ2n) is 6.28. The molecule has 14 nitrogen and oxygen atoms in total. The summed E-state index contributed by atoms with van der Waals surface area (Å²) in [5, 5.41) is 20.5. The Kier molecular flexibility index (Phi) is 6.60. The van der Waals surface area contributed by atoms with Crippen molar-refractivity contribution < 1.29 is 43.6 Å². The number of aromatic nitrogens is 4. The Morgan fingerprint density at radius 2 is 2.10 bits per heavy atom. The molecule has 1 fully saturated rings. The highest BCUT2D eigenvalue weighted by atomic mass is 35.5. The Bertz CT molecular complexity index is 984. The molecule has 30 heavy (non-hydrogen) atoms. The minimum Gasteiger partial charge on any atom is -0.464 e. The number of fused-ring (bicyclic) bond motifs is 1. The first-order valence-electron chi connectivity index (χ1n) is 8.55. The molecule has 3 heterocycles. The Balaban J connectivity index is 1.79. The van der Waals surface area contributed by atoms with E-state index in [1.165, 1.54) is 17.8 Å². The fourth-order valence-electron chi connectivity index (χ4n) is 2.90. The Morgan fingerprint density at radius 1 is 1.40 bits per heavy atom. The summed E-state index contributed by atoms with van der Waals surface area (Å²) < 4.78 is 27.9. The van der Waals surface area contributed by atoms with Gasteiger partial charge < -0.3 is 39.9 Å². The molecule has 0 aliphatic carbocycles. The zero-order valence-corrected chi connectivity index (χ0v) is 17.1. The minimum atomic E-state index is -5.02. The smallest absolute Gasteiger partial charge is 0.365 e. The number of halogens is 1. The first-order chi connectivity index (χ1) is 14.0. The van der Waals surface area contributed by atoms with Gasteiger partial charge in [0.25, 0.3) is 5.85 Å². The third-order valence-corrected chi connectivity index (χ3v) is 5.38. The average molecular weight is 468 g/mol. The van der Waals surface area contributed by atoms with Crippen LogP contribution >= 0.6 is 19.2 Å². The zero-order chi connectivity index (χ0) is 22.2. The molecule has 0 bridgehead atoms. The van der Waals surface area contributed by atoms with Gasteiger partial charge in [-0.15, -0.1) is 0 Å². The van der Waals surface area contributed by atoms with Gasteiger partial charge in [-0.1, -0.05) is 0 Å². The van der Waals surface area contributed by atoms with Gasteiger partial charge in [-0.05, 0) is 18.5 Å². The van der Waals surface area contributed by atoms with E-state index in [1.54, 1.807) is 0 Å². The van der Waals surface area contributed by atoms with E-state index < -0.39 is 50.6 Å². The lowest BCUT2D eigenvalue weighted by molar-refractivity contribution is -0.155. The fourth-order valence-corrected chi connectivity index (χ4v) is 3.70. The third kappa shape index (κ3) is 4.40. The summed E-state index contributed by atoms with van der Waals surface area (Å²) in [6.45, 7) is 0.703. The molecule has 0 unspecified atom stereocenters. The number of ether oxygens (including phenoxy) is 3. The SMILES string of the molecule is CCOC(=O)[C@@H](OC[C@H]1O[C@@H](n2cnc3c(N)nc(Cl)nc32)[C@H](O)[C@@H]1O)P(=O)(O)O. The Morgan fingerprint density at radius 3 is 2.73 bits per heavy atom. The van der Waals surface area contributed by atoms with Crippen molar-refractivity contribution in [2.75, 3.05) is 18.9 Å². The number of nitrogens with zero attached hydrogens (tertiary/aromatic N) is 4. The fraction of sp³-hybridized carbons (Fsp3) is 0.571. The van der Waals surface area contributed by atoms with E-state index in [2.05, 4.69) is 19.7 Å². The number of carbonyl (C=O) groups is 1. The van der Waals surface area contributed by atoms with Gasteiger partial charge in [0, 0.05) is 0 Å². The number of nitrogen functional groups attached to an aromatic ring is 1. The number of hydrogen-bond acceptors (Lipinski definition) is 11. The number of hydrogen-bond donors (Lipinski definition) is 5. The van der Waals surface area contributed by atoms with Gasteiger partial charge in [-0.3, -0.25) is 9.13 Å². The van der Waals surface area contributed by atoms with Gasteiger partial charge in [-0.2, -0.15) is 9.97 Å². The standard InChI is InChI=1S/C14H19ClN5O9P/c1-2-27-12(23)13(30(24,25)26)28-3-5-7(21)8(22)11(29-5)20-4-17-6-9(16)18-14(15)19-10(6)20/h4-5,7-8,11,13,21-22H,2-3H2,1H3,(H2,16,18,19)(H2,24,25,26)/t5-,7-,8-,11-,13+/m1/s1. The normalized spacial score (nSPS) is 25.5. The Labute approximate surface area is 173 Å². The van der Waals surface area contributed by atoms with Crippen LogP contribution in [0.4, 0.5) is 5.82 Å². The molecule has 0 spiro atoms. The molecule has 2 aromatic rings. The van der Waals surface area contributed by atoms with Crippen molar-refractivity contribution in [3.05, 3.63) is 11.6 Å². The van der Waals surface area contributed by atoms with E-state index >= 15 is 0 Å². The second-order valence-corrected chi connectivity index (χ2v) is 8.26. The highest BCUT2D eigenvalue weighted by Crippen LogP contribution is 2.43. The van der Waals surface area contributed by atoms with Crippen molar-refractivity contribution >= 4 is 42.1 Å². The van der Waals surface area contributed by atoms with Gasteiger partial charge in [0.1, 0.15) is 23.8 Å². The number of aliphatic hydroxyl groups excluding tert-OH is 2. The third-order valence-electron chi connectivity index (χ3n) is 4.24. The number of rotatable bonds is 7. The molecule has 0 saturated carbocycles. The maximum Gasteiger partial charge on any atom is 0.365 e. The molecular formula is C14H19ClN5O9P. The molecule has 1 aliphatic rings. The first-order valence-corrected chi connectivity index (χ1v) is 10.6. The van der Waals surface area contributed by atoms with E-state index in [0.717, 1.165) is 0 Å². The summed E-state index contributed by atoms with van der Waals surface area (Å²) in [6, 6.07) is 0. The monoisotopic (exact) mass is 467 g/mol. The number of esters is 1. The van der Waals surface area contributed by atoms with Crippen LogP contribution in [0.3, 0.4) is 0 Å². The van der Waals surface area contributed by atoms with Crippen LogP contribution in [0.2, 0.25) is 5.28 Å². The van der Waals surface area contributed by atoms with Gasteiger partial charge >= 0.3 is 13.6 Å². The maximum absolute atomic E-state index is 11.8. The molecule has 0 amide bonds. The topological polar surface area (TPSA) is 212 Å². The number of anilines is 1. The van der Waals surface area contributed by atoms with E-state index in [9.17, 15) is 29.4 Å². The van der Waals surface area contributed by atoms with Crippen LogP contribution in [-0.4, -0.2) is 82.9 Å². The van der Waals surface area contributed by atoms with Crippen molar-refractivity contribution in [3.63, 3.8) is 0 Å². The summed E-state index contributed by atoms with van der Waals surface area (Å²) in [6.07, 6.45) is -4.24. The molecule has 6 N–H and O–H groups in total. The molecule has 0 radical (unpaired) electrons. The lowest BCUT2D eigenvalue weighted by Gasteiger charge is -2.20. The van der Waals surface area contributed by atoms with Crippen molar-refractivity contribution in [2.45, 2.75) is 37.3 Å². The highest BCUT2D eigenvalue weighted by molar-refractivity contribution is 7.53. The van der Waals surface area contributed by atoms with Crippen LogP contribution in [0.5, 0.6) is 0 Å². The number of carbonyl (C=O) groups excluding carboxylic acids is 1. The van der Waals surface area contributed by atoms with Crippen molar-refractivity contribution in [1.29, 1.82) is 0 Å². The van der Waals surface area contributed by atoms with Crippen LogP contribution in [-0.2, 0) is 23.6 Å². The summed E-state index contributed by atoms with van der Waals surface area (Å²) in [4.78, 5) is 42.2. The number of imidazole rings is 1. The van der Waals surface area contributed by atoms with Gasteiger partial charge in [0.2, 0.25) is 5.28 Å². The Hall–Kier alpha value is -1.90. The van der Waals surface area contributed by atoms with Crippen molar-refractivity contribution in [3.8, 4) is 0 Å². The van der Waals surface area contributed by atoms with Gasteiger partial charge in [0.15, 0.2) is 17.7 Å². The molecule has 2 aromatic heterocycles. The van der Waals surface area contributed by atoms with Crippen LogP contribution < -0.4 is 5.73 Å². The highest BCUT2D eigenvalue weighted by Gasteiger charge is 2.46. The number of nitrogens with two attached hydrogens (primary N) is 1. The molecule has 0 aromatic carbocycles. The molecule has 1 saturated heterocycles. The number of aliphatic hydroxyl groups is 2. The van der Waals surface area contributed by atoms with Crippen LogP contribution in [0.1, 0.15) is 13.2 Å². The van der Waals surface area contributed by atoms with Crippen molar-refractivity contribution in [2.24, 2.45) is 0 Å². The zero-order valence-electron chi connectivity index (χ0n) is 15.4. The lowest BCUT2D eigenvalue weighted by atomic mass is 10.1. The molecular weight excluding hydrogens is 449 g/mol. The summed E-state index contributed by atoms with van der Waals surface area (Å²) in [5.41, 5.74) is 6.05. The van der Waals surface area contributed by atoms with Gasteiger partial charge in [-0.25, -0.2) is 9.78 Å². The molecule has 16 heteroatoms. The van der Waals surface area contributed by atoms with E-state index in [-0.39, 0.29) is 28.9 Å². The van der Waals surface area contributed by atoms with Crippen LogP contribution in [0.15, 0.2) is 6.33 Å². The summed E-state index contributed by atoms with van der Waals surface area (Å²) in [5.74, 6) is -3.47. The largest absolute Gasteiger partial charge is 0.464 e. The van der Waals surface area contributed by atoms with Crippen LogP contribution in [0, 0.1) is 0 Å². The molecule has 166 valence electrons. The van der Waals surface area contributed by atoms with E-state index in [4.69, 9.17) is 26.8 Å². The average Bonchev–Trinajstić information content (AvgIpc) is 3.17. The predicted molar refractivity (Wildman–Crippen MR) is 99.1 cm³/mol. The molecule has 3 rings (SSSR count). The summed E-state index contributed by atoms with van der Waals surface area (Å²) in [7, 11) is -5.02. The first kappa shape index (κ1) is 22.8. The summed E-state index contributed by atoms with van der Waals surface area (Å²) >= 11 is 5.80. The van der Waals surface area contributed by atoms with Crippen molar-refractivity contribution in [1.82, 2.24) is 19.5 Å².